The Morgan fingerprint density at radius 2 is 2.27 bits per heavy atom. The molecule has 0 spiro atoms. The number of nitrogens with two attached hydrogens (primary N) is 1. The van der Waals surface area contributed by atoms with Gasteiger partial charge in [-0.25, -0.2) is 4.98 Å². The van der Waals surface area contributed by atoms with Crippen LogP contribution in [0.5, 0.6) is 5.75 Å². The van der Waals surface area contributed by atoms with E-state index in [1.807, 2.05) is 19.1 Å². The van der Waals surface area contributed by atoms with Crippen molar-refractivity contribution in [3.63, 3.8) is 0 Å². The number of nitrogens with zero attached hydrogens (tertiary/aromatic N) is 2. The summed E-state index contributed by atoms with van der Waals surface area (Å²) >= 11 is 6.15. The molecule has 0 aliphatic heterocycles. The SMILES string of the molecule is COc1ccc2nc(C(C)N)c(Cl)n2c1. The number of pyridine rings is 1. The van der Waals surface area contributed by atoms with Crippen LogP contribution in [-0.2, 0) is 0 Å². The van der Waals surface area contributed by atoms with Gasteiger partial charge in [-0.15, -0.1) is 0 Å². The van der Waals surface area contributed by atoms with Crippen LogP contribution in [0.15, 0.2) is 18.3 Å². The Morgan fingerprint density at radius 1 is 1.53 bits per heavy atom. The minimum absolute atomic E-state index is 0.177. The maximum absolute atomic E-state index is 6.15. The molecule has 0 amide bonds. The molecule has 15 heavy (non-hydrogen) atoms. The van der Waals surface area contributed by atoms with Gasteiger partial charge in [0.15, 0.2) is 0 Å². The summed E-state index contributed by atoms with van der Waals surface area (Å²) in [6, 6.07) is 3.50. The van der Waals surface area contributed by atoms with Crippen molar-refractivity contribution in [1.82, 2.24) is 9.38 Å². The maximum Gasteiger partial charge on any atom is 0.138 e. The molecule has 0 saturated heterocycles. The zero-order valence-electron chi connectivity index (χ0n) is 8.57. The predicted molar refractivity (Wildman–Crippen MR) is 59.4 cm³/mol. The lowest BCUT2D eigenvalue weighted by Gasteiger charge is -2.01. The summed E-state index contributed by atoms with van der Waals surface area (Å²) in [7, 11) is 1.61. The van der Waals surface area contributed by atoms with Crippen LogP contribution in [0.4, 0.5) is 0 Å². The number of methoxy groups -OCH3 is 1. The zero-order valence-corrected chi connectivity index (χ0v) is 9.32. The average Bonchev–Trinajstić information content (AvgIpc) is 2.56. The summed E-state index contributed by atoms with van der Waals surface area (Å²) in [4.78, 5) is 4.34. The van der Waals surface area contributed by atoms with Gasteiger partial charge in [-0.2, -0.15) is 0 Å². The van der Waals surface area contributed by atoms with Crippen molar-refractivity contribution >= 4 is 17.2 Å². The number of hydrogen-bond acceptors (Lipinski definition) is 3. The first-order valence-electron chi connectivity index (χ1n) is 4.60. The van der Waals surface area contributed by atoms with Gasteiger partial charge in [0.1, 0.15) is 16.5 Å². The number of halogens is 1. The van der Waals surface area contributed by atoms with Crippen LogP contribution >= 0.6 is 11.6 Å². The minimum atomic E-state index is -0.177. The van der Waals surface area contributed by atoms with Gasteiger partial charge < -0.3 is 10.5 Å². The molecule has 4 nitrogen and oxygen atoms in total. The number of ether oxygens (including phenoxy) is 1. The Kier molecular flexibility index (Phi) is 2.54. The van der Waals surface area contributed by atoms with E-state index in [1.54, 1.807) is 17.7 Å². The molecule has 1 unspecified atom stereocenters. The van der Waals surface area contributed by atoms with Crippen LogP contribution in [0, 0.1) is 0 Å². The second-order valence-electron chi connectivity index (χ2n) is 3.37. The Balaban J connectivity index is 2.66. The molecule has 0 aliphatic carbocycles. The first-order chi connectivity index (χ1) is 7.13. The number of aromatic nitrogens is 2. The molecule has 2 heterocycles. The van der Waals surface area contributed by atoms with E-state index in [1.165, 1.54) is 0 Å². The molecule has 0 bridgehead atoms. The molecule has 5 heteroatoms. The van der Waals surface area contributed by atoms with Crippen molar-refractivity contribution < 1.29 is 4.74 Å². The van der Waals surface area contributed by atoms with Crippen LogP contribution in [0.1, 0.15) is 18.7 Å². The monoisotopic (exact) mass is 225 g/mol. The largest absolute Gasteiger partial charge is 0.495 e. The van der Waals surface area contributed by atoms with Crippen molar-refractivity contribution in [3.8, 4) is 5.75 Å². The standard InChI is InChI=1S/C10H12ClN3O/c1-6(12)9-10(11)14-5-7(15-2)3-4-8(14)13-9/h3-6H,12H2,1-2H3. The molecule has 0 radical (unpaired) electrons. The third-order valence-corrected chi connectivity index (χ3v) is 2.60. The van der Waals surface area contributed by atoms with E-state index in [0.717, 1.165) is 11.4 Å². The summed E-state index contributed by atoms with van der Waals surface area (Å²) in [6.07, 6.45) is 1.79. The smallest absolute Gasteiger partial charge is 0.138 e. The van der Waals surface area contributed by atoms with Crippen LogP contribution < -0.4 is 10.5 Å². The lowest BCUT2D eigenvalue weighted by Crippen LogP contribution is -2.05. The third kappa shape index (κ3) is 1.66. The molecule has 2 aromatic heterocycles. The fourth-order valence-electron chi connectivity index (χ4n) is 1.43. The first-order valence-corrected chi connectivity index (χ1v) is 4.98. The highest BCUT2D eigenvalue weighted by atomic mass is 35.5. The lowest BCUT2D eigenvalue weighted by atomic mass is 10.3. The quantitative estimate of drug-likeness (QED) is 0.851. The van der Waals surface area contributed by atoms with E-state index in [4.69, 9.17) is 22.1 Å². The van der Waals surface area contributed by atoms with Crippen molar-refractivity contribution in [1.29, 1.82) is 0 Å². The van der Waals surface area contributed by atoms with E-state index < -0.39 is 0 Å². The molecule has 0 fully saturated rings. The minimum Gasteiger partial charge on any atom is -0.495 e. The third-order valence-electron chi connectivity index (χ3n) is 2.22. The molecular formula is C10H12ClN3O. The molecule has 1 atom stereocenters. The summed E-state index contributed by atoms with van der Waals surface area (Å²) in [5.41, 5.74) is 7.23. The Bertz CT molecular complexity index is 493. The molecule has 2 aromatic rings. The molecule has 0 aromatic carbocycles. The molecule has 0 saturated carbocycles. The number of hydrogen-bond donors (Lipinski definition) is 1. The summed E-state index contributed by atoms with van der Waals surface area (Å²) in [5.74, 6) is 0.734. The summed E-state index contributed by atoms with van der Waals surface area (Å²) in [5, 5.41) is 0.541. The fourth-order valence-corrected chi connectivity index (χ4v) is 1.77. The normalized spacial score (nSPS) is 13.1. The Hall–Kier alpha value is -1.26. The molecule has 80 valence electrons. The zero-order chi connectivity index (χ0) is 11.0. The van der Waals surface area contributed by atoms with Crippen LogP contribution in [-0.4, -0.2) is 16.5 Å². The summed E-state index contributed by atoms with van der Waals surface area (Å²) in [6.45, 7) is 1.85. The van der Waals surface area contributed by atoms with E-state index in [0.29, 0.717) is 10.8 Å². The highest BCUT2D eigenvalue weighted by Crippen LogP contribution is 2.24. The van der Waals surface area contributed by atoms with Crippen molar-refractivity contribution in [2.45, 2.75) is 13.0 Å². The number of rotatable bonds is 2. The van der Waals surface area contributed by atoms with Crippen LogP contribution in [0.25, 0.3) is 5.65 Å². The van der Waals surface area contributed by atoms with E-state index in [-0.39, 0.29) is 6.04 Å². The van der Waals surface area contributed by atoms with Gasteiger partial charge in [0, 0.05) is 6.04 Å². The van der Waals surface area contributed by atoms with E-state index in [2.05, 4.69) is 4.98 Å². The highest BCUT2D eigenvalue weighted by molar-refractivity contribution is 6.30. The molecule has 0 aliphatic rings. The van der Waals surface area contributed by atoms with Crippen LogP contribution in [0.3, 0.4) is 0 Å². The van der Waals surface area contributed by atoms with Crippen LogP contribution in [0.2, 0.25) is 5.15 Å². The lowest BCUT2D eigenvalue weighted by molar-refractivity contribution is 0.412. The number of fused-ring (bicyclic) bond motifs is 1. The van der Waals surface area contributed by atoms with Gasteiger partial charge in [0.05, 0.1) is 19.0 Å². The predicted octanol–water partition coefficient (Wildman–Crippen LogP) is 2.02. The Labute approximate surface area is 92.6 Å². The van der Waals surface area contributed by atoms with Gasteiger partial charge >= 0.3 is 0 Å². The maximum atomic E-state index is 6.15. The van der Waals surface area contributed by atoms with Crippen molar-refractivity contribution in [3.05, 3.63) is 29.2 Å². The average molecular weight is 226 g/mol. The van der Waals surface area contributed by atoms with E-state index >= 15 is 0 Å². The fraction of sp³-hybridized carbons (Fsp3) is 0.300. The van der Waals surface area contributed by atoms with Crippen molar-refractivity contribution in [2.24, 2.45) is 5.73 Å². The van der Waals surface area contributed by atoms with Gasteiger partial charge in [0.25, 0.3) is 0 Å². The molecular weight excluding hydrogens is 214 g/mol. The van der Waals surface area contributed by atoms with Gasteiger partial charge in [0.2, 0.25) is 0 Å². The second kappa shape index (κ2) is 3.72. The number of imidazole rings is 1. The second-order valence-corrected chi connectivity index (χ2v) is 3.73. The Morgan fingerprint density at radius 3 is 2.87 bits per heavy atom. The topological polar surface area (TPSA) is 52.5 Å². The van der Waals surface area contributed by atoms with Crippen molar-refractivity contribution in [2.75, 3.05) is 7.11 Å². The first kappa shape index (κ1) is 10.3. The molecule has 2 N–H and O–H groups in total. The van der Waals surface area contributed by atoms with Gasteiger partial charge in [-0.3, -0.25) is 4.40 Å². The summed E-state index contributed by atoms with van der Waals surface area (Å²) < 4.78 is 6.87. The molecule has 2 rings (SSSR count). The van der Waals surface area contributed by atoms with Gasteiger partial charge in [-0.1, -0.05) is 11.6 Å². The van der Waals surface area contributed by atoms with E-state index in [9.17, 15) is 0 Å². The highest BCUT2D eigenvalue weighted by Gasteiger charge is 2.13. The van der Waals surface area contributed by atoms with Gasteiger partial charge in [-0.05, 0) is 19.1 Å².